The summed E-state index contributed by atoms with van der Waals surface area (Å²) in [4.78, 5) is 52.5. The second kappa shape index (κ2) is 20.9. The van der Waals surface area contributed by atoms with Gasteiger partial charge in [0.1, 0.15) is 5.78 Å². The number of phosphoric ester groups is 1. The number of carbonyl (C=O) groups is 3. The lowest BCUT2D eigenvalue weighted by Gasteiger charge is -2.26. The molecule has 2 amide bonds. The number of hydrogen-bond acceptors (Lipinski definition) is 9. The Hall–Kier alpha value is -1.40. The molecule has 0 spiro atoms. The third kappa shape index (κ3) is 16.1. The van der Waals surface area contributed by atoms with Gasteiger partial charge in [0, 0.05) is 50.9 Å². The lowest BCUT2D eigenvalue weighted by molar-refractivity contribution is -0.134. The van der Waals surface area contributed by atoms with Crippen molar-refractivity contribution >= 4 is 25.4 Å². The normalized spacial score (nSPS) is 23.2. The number of carbonyl (C=O) groups excluding carboxylic acids is 3. The van der Waals surface area contributed by atoms with Gasteiger partial charge in [0.2, 0.25) is 11.8 Å². The second-order valence-electron chi connectivity index (χ2n) is 14.0. The van der Waals surface area contributed by atoms with Gasteiger partial charge in [-0.2, -0.15) is 0 Å². The van der Waals surface area contributed by atoms with E-state index in [1.807, 2.05) is 20.8 Å². The third-order valence-electron chi connectivity index (χ3n) is 8.40. The fourth-order valence-electron chi connectivity index (χ4n) is 6.03. The maximum absolute atomic E-state index is 13.1. The van der Waals surface area contributed by atoms with Crippen LogP contribution in [-0.4, -0.2) is 108 Å². The van der Waals surface area contributed by atoms with Crippen molar-refractivity contribution in [3.05, 3.63) is 0 Å². The summed E-state index contributed by atoms with van der Waals surface area (Å²) >= 11 is 0. The standard InChI is InChI=1S/C33H63N4O8P/c1-24(2)34-16-10-8-9-13-32(39)37-21-31(19-29(37)22-43-26(5)6)45-46(41,42)44-23-28-18-27(7)20-36(28)33(40)15-14-30(38)12-11-17-35-25(3)4/h24-29,31,34-35H,8-23H2,1-7H3,(H,41,42)/t27-,28+,29+,31-/m1/s1. The van der Waals surface area contributed by atoms with E-state index in [0.717, 1.165) is 38.8 Å². The number of nitrogens with zero attached hydrogens (tertiary/aromatic N) is 2. The van der Waals surface area contributed by atoms with Crippen LogP contribution in [0.15, 0.2) is 0 Å². The van der Waals surface area contributed by atoms with Crippen molar-refractivity contribution in [2.24, 2.45) is 5.92 Å². The molecule has 2 aliphatic rings. The molecule has 0 aromatic rings. The van der Waals surface area contributed by atoms with Gasteiger partial charge < -0.3 is 30.1 Å². The van der Waals surface area contributed by atoms with E-state index in [1.54, 1.807) is 9.80 Å². The summed E-state index contributed by atoms with van der Waals surface area (Å²) in [5, 5.41) is 6.67. The Morgan fingerprint density at radius 1 is 0.783 bits per heavy atom. The van der Waals surface area contributed by atoms with E-state index in [9.17, 15) is 23.8 Å². The number of likely N-dealkylation sites (tertiary alicyclic amines) is 2. The summed E-state index contributed by atoms with van der Waals surface area (Å²) in [5.41, 5.74) is 0. The molecule has 5 atom stereocenters. The van der Waals surface area contributed by atoms with E-state index in [-0.39, 0.29) is 67.7 Å². The van der Waals surface area contributed by atoms with Gasteiger partial charge in [-0.3, -0.25) is 23.4 Å². The molecule has 2 fully saturated rings. The average Bonchev–Trinajstić information content (AvgIpc) is 3.55. The van der Waals surface area contributed by atoms with E-state index in [2.05, 4.69) is 38.3 Å². The number of rotatable bonds is 23. The molecule has 3 N–H and O–H groups in total. The molecule has 0 aromatic heterocycles. The van der Waals surface area contributed by atoms with Gasteiger partial charge in [-0.05, 0) is 65.0 Å². The smallest absolute Gasteiger partial charge is 0.377 e. The van der Waals surface area contributed by atoms with Crippen molar-refractivity contribution in [1.29, 1.82) is 0 Å². The number of amides is 2. The van der Waals surface area contributed by atoms with Crippen LogP contribution < -0.4 is 10.6 Å². The van der Waals surface area contributed by atoms with Crippen LogP contribution in [0.3, 0.4) is 0 Å². The monoisotopic (exact) mass is 674 g/mol. The average molecular weight is 675 g/mol. The first-order valence-electron chi connectivity index (χ1n) is 17.5. The van der Waals surface area contributed by atoms with Gasteiger partial charge in [-0.1, -0.05) is 41.0 Å². The Morgan fingerprint density at radius 3 is 2.04 bits per heavy atom. The van der Waals surface area contributed by atoms with E-state index in [4.69, 9.17) is 13.8 Å². The first-order valence-corrected chi connectivity index (χ1v) is 19.0. The van der Waals surface area contributed by atoms with Crippen molar-refractivity contribution < 1.29 is 37.6 Å². The van der Waals surface area contributed by atoms with E-state index >= 15 is 0 Å². The van der Waals surface area contributed by atoms with Crippen LogP contribution in [0, 0.1) is 5.92 Å². The van der Waals surface area contributed by atoms with Crippen molar-refractivity contribution in [2.75, 3.05) is 39.4 Å². The highest BCUT2D eigenvalue weighted by Gasteiger charge is 2.41. The number of ketones is 1. The molecule has 0 radical (unpaired) electrons. The Bertz CT molecular complexity index is 981. The molecule has 12 nitrogen and oxygen atoms in total. The molecule has 0 aromatic carbocycles. The lowest BCUT2D eigenvalue weighted by Crippen LogP contribution is -2.39. The first-order chi connectivity index (χ1) is 21.7. The quantitative estimate of drug-likeness (QED) is 0.105. The molecular formula is C33H63N4O8P. The number of nitrogens with one attached hydrogen (secondary N) is 2. The zero-order valence-electron chi connectivity index (χ0n) is 29.5. The maximum Gasteiger partial charge on any atom is 0.472 e. The molecule has 46 heavy (non-hydrogen) atoms. The summed E-state index contributed by atoms with van der Waals surface area (Å²) in [7, 11) is -4.47. The van der Waals surface area contributed by atoms with Crippen LogP contribution in [0.1, 0.15) is 113 Å². The summed E-state index contributed by atoms with van der Waals surface area (Å²) in [5.74, 6) is 0.118. The molecule has 0 saturated carbocycles. The van der Waals surface area contributed by atoms with Gasteiger partial charge in [0.05, 0.1) is 37.5 Å². The highest BCUT2D eigenvalue weighted by atomic mass is 31.2. The predicted molar refractivity (Wildman–Crippen MR) is 179 cm³/mol. The molecule has 2 aliphatic heterocycles. The molecule has 2 saturated heterocycles. The number of hydrogen-bond donors (Lipinski definition) is 3. The molecule has 0 aliphatic carbocycles. The largest absolute Gasteiger partial charge is 0.472 e. The minimum atomic E-state index is -4.47. The van der Waals surface area contributed by atoms with Gasteiger partial charge in [0.25, 0.3) is 0 Å². The second-order valence-corrected chi connectivity index (χ2v) is 15.4. The van der Waals surface area contributed by atoms with Crippen molar-refractivity contribution in [3.63, 3.8) is 0 Å². The SMILES string of the molecule is CC(C)NCCCCCC(=O)N1C[C@H](OP(=O)(O)OC[C@@H]2C[C@@H](C)CN2C(=O)CCC(=O)CCCNC(C)C)C[C@H]1COC(C)C. The Kier molecular flexibility index (Phi) is 18.5. The molecule has 1 unspecified atom stereocenters. The van der Waals surface area contributed by atoms with Crippen molar-refractivity contribution in [1.82, 2.24) is 20.4 Å². The summed E-state index contributed by atoms with van der Waals surface area (Å²) in [6.07, 6.45) is 4.93. The molecule has 13 heteroatoms. The lowest BCUT2D eigenvalue weighted by atomic mass is 10.1. The summed E-state index contributed by atoms with van der Waals surface area (Å²) in [6, 6.07) is 0.184. The fraction of sp³-hybridized carbons (Fsp3) is 0.909. The van der Waals surface area contributed by atoms with Crippen LogP contribution >= 0.6 is 7.82 Å². The Balaban J connectivity index is 1.85. The maximum atomic E-state index is 13.1. The number of ether oxygens (including phenoxy) is 1. The zero-order valence-corrected chi connectivity index (χ0v) is 30.4. The van der Waals surface area contributed by atoms with Gasteiger partial charge >= 0.3 is 7.82 Å². The van der Waals surface area contributed by atoms with Crippen LogP contribution in [0.4, 0.5) is 0 Å². The third-order valence-corrected chi connectivity index (χ3v) is 9.44. The number of Topliss-reactive ketones (excluding diaryl/α,β-unsaturated/α-hetero) is 1. The fourth-order valence-corrected chi connectivity index (χ4v) is 6.99. The molecular weight excluding hydrogens is 611 g/mol. The molecule has 2 heterocycles. The van der Waals surface area contributed by atoms with Crippen LogP contribution in [-0.2, 0) is 32.7 Å². The number of unbranched alkanes of at least 4 members (excludes halogenated alkanes) is 2. The highest BCUT2D eigenvalue weighted by Crippen LogP contribution is 2.47. The van der Waals surface area contributed by atoms with Gasteiger partial charge in [-0.15, -0.1) is 0 Å². The number of phosphoric acid groups is 1. The van der Waals surface area contributed by atoms with Crippen LogP contribution in [0.2, 0.25) is 0 Å². The Labute approximate surface area is 277 Å². The zero-order chi connectivity index (χ0) is 34.3. The topological polar surface area (TPSA) is 147 Å². The molecule has 2 rings (SSSR count). The highest BCUT2D eigenvalue weighted by molar-refractivity contribution is 7.47. The predicted octanol–water partition coefficient (Wildman–Crippen LogP) is 4.44. The van der Waals surface area contributed by atoms with Crippen molar-refractivity contribution in [3.8, 4) is 0 Å². The minimum absolute atomic E-state index is 0.00577. The van der Waals surface area contributed by atoms with E-state index in [1.165, 1.54) is 0 Å². The van der Waals surface area contributed by atoms with Gasteiger partial charge in [0.15, 0.2) is 0 Å². The Morgan fingerprint density at radius 2 is 1.39 bits per heavy atom. The van der Waals surface area contributed by atoms with Crippen LogP contribution in [0.25, 0.3) is 0 Å². The van der Waals surface area contributed by atoms with Crippen molar-refractivity contribution in [2.45, 2.75) is 149 Å². The molecule has 268 valence electrons. The summed E-state index contributed by atoms with van der Waals surface area (Å²) < 4.78 is 29.9. The van der Waals surface area contributed by atoms with E-state index in [0.29, 0.717) is 50.9 Å². The van der Waals surface area contributed by atoms with E-state index < -0.39 is 13.9 Å². The molecule has 0 bridgehead atoms. The van der Waals surface area contributed by atoms with Crippen LogP contribution in [0.5, 0.6) is 0 Å². The first kappa shape index (κ1) is 40.8. The van der Waals surface area contributed by atoms with Gasteiger partial charge in [-0.25, -0.2) is 4.57 Å². The minimum Gasteiger partial charge on any atom is -0.377 e. The summed E-state index contributed by atoms with van der Waals surface area (Å²) in [6.45, 7) is 16.8.